The molecule has 0 radical (unpaired) electrons. The summed E-state index contributed by atoms with van der Waals surface area (Å²) in [5, 5.41) is 2.78. The van der Waals surface area contributed by atoms with E-state index in [9.17, 15) is 17.3 Å². The number of pyridine rings is 1. The van der Waals surface area contributed by atoms with E-state index in [1.807, 2.05) is 60.8 Å². The number of benzene rings is 2. The summed E-state index contributed by atoms with van der Waals surface area (Å²) in [6, 6.07) is 21.7. The highest BCUT2D eigenvalue weighted by Crippen LogP contribution is 2.23. The predicted molar refractivity (Wildman–Crippen MR) is 109 cm³/mol. The smallest absolute Gasteiger partial charge is 0.456 e. The molecule has 0 saturated heterocycles. The topological polar surface area (TPSA) is 40.0 Å². The molecular weight excluding hydrogens is 419 g/mol. The molecule has 0 aliphatic heterocycles. The molecule has 2 aromatic heterocycles. The number of fused-ring (bicyclic) bond motifs is 1. The van der Waals surface area contributed by atoms with Gasteiger partial charge in [0.15, 0.2) is 6.54 Å². The first-order chi connectivity index (χ1) is 14.3. The van der Waals surface area contributed by atoms with Crippen LogP contribution in [-0.4, -0.2) is 12.2 Å². The molecule has 154 valence electrons. The molecule has 0 amide bonds. The van der Waals surface area contributed by atoms with Gasteiger partial charge in [0.05, 0.1) is 11.5 Å². The maximum absolute atomic E-state index is 9.75. The summed E-state index contributed by atoms with van der Waals surface area (Å²) in [5.74, 6) is 0.795. The third-order valence-corrected chi connectivity index (χ3v) is 4.26. The fraction of sp³-hybridized carbons (Fsp3) is 0.0476. The summed E-state index contributed by atoms with van der Waals surface area (Å²) in [4.78, 5) is 7.66. The van der Waals surface area contributed by atoms with E-state index in [1.54, 1.807) is 6.20 Å². The van der Waals surface area contributed by atoms with Gasteiger partial charge >= 0.3 is 7.25 Å². The zero-order valence-corrected chi connectivity index (χ0v) is 16.3. The average molecular weight is 435 g/mol. The minimum absolute atomic E-state index is 0.696. The molecule has 9 heteroatoms. The Bertz CT molecular complexity index is 1170. The minimum atomic E-state index is -6.00. The molecular formula is C21H16BClF4N2O. The lowest BCUT2D eigenvalue weighted by Crippen LogP contribution is -2.75. The molecule has 2 heterocycles. The molecule has 0 spiro atoms. The van der Waals surface area contributed by atoms with Crippen LogP contribution in [0.15, 0.2) is 83.5 Å². The first-order valence-corrected chi connectivity index (χ1v) is 9.29. The third kappa shape index (κ3) is 6.45. The molecule has 0 aliphatic rings. The van der Waals surface area contributed by atoms with Crippen LogP contribution < -0.4 is 10.3 Å². The van der Waals surface area contributed by atoms with Gasteiger partial charge in [0, 0.05) is 28.5 Å². The van der Waals surface area contributed by atoms with Crippen LogP contribution in [0.4, 0.5) is 17.3 Å². The molecule has 3 nitrogen and oxygen atoms in total. The van der Waals surface area contributed by atoms with Crippen LogP contribution in [0.5, 0.6) is 0 Å². The van der Waals surface area contributed by atoms with Crippen LogP contribution in [0.2, 0.25) is 5.02 Å². The van der Waals surface area contributed by atoms with Crippen LogP contribution in [0, 0.1) is 0 Å². The van der Waals surface area contributed by atoms with Gasteiger partial charge in [-0.25, -0.2) is 4.99 Å². The van der Waals surface area contributed by atoms with Crippen LogP contribution in [0.1, 0.15) is 5.56 Å². The second-order valence-electron chi connectivity index (χ2n) is 6.24. The molecule has 0 saturated carbocycles. The maximum Gasteiger partial charge on any atom is 0.673 e. The van der Waals surface area contributed by atoms with Gasteiger partial charge in [-0.05, 0) is 48.5 Å². The fourth-order valence-electron chi connectivity index (χ4n) is 2.74. The van der Waals surface area contributed by atoms with E-state index in [0.29, 0.717) is 11.6 Å². The van der Waals surface area contributed by atoms with Crippen molar-refractivity contribution >= 4 is 29.8 Å². The summed E-state index contributed by atoms with van der Waals surface area (Å²) in [7, 11) is -6.00. The van der Waals surface area contributed by atoms with Gasteiger partial charge in [-0.3, -0.25) is 4.98 Å². The van der Waals surface area contributed by atoms with E-state index >= 15 is 0 Å². The summed E-state index contributed by atoms with van der Waals surface area (Å²) >= 11 is 5.99. The van der Waals surface area contributed by atoms with Crippen LogP contribution in [0.3, 0.4) is 0 Å². The van der Waals surface area contributed by atoms with E-state index in [-0.39, 0.29) is 0 Å². The maximum atomic E-state index is 9.75. The van der Waals surface area contributed by atoms with Crippen molar-refractivity contribution in [2.45, 2.75) is 6.54 Å². The fourth-order valence-corrected chi connectivity index (χ4v) is 2.86. The minimum Gasteiger partial charge on any atom is -0.456 e. The van der Waals surface area contributed by atoms with Gasteiger partial charge in [0.1, 0.15) is 11.3 Å². The quantitative estimate of drug-likeness (QED) is 0.377. The van der Waals surface area contributed by atoms with E-state index in [4.69, 9.17) is 16.0 Å². The molecule has 1 N–H and O–H groups in total. The van der Waals surface area contributed by atoms with Gasteiger partial charge in [0.25, 0.3) is 0 Å². The second-order valence-corrected chi connectivity index (χ2v) is 6.67. The first-order valence-electron chi connectivity index (χ1n) is 8.91. The lowest BCUT2D eigenvalue weighted by molar-refractivity contribution is -0.516. The number of hydrogen-bond donors (Lipinski definition) is 1. The van der Waals surface area contributed by atoms with E-state index < -0.39 is 7.25 Å². The highest BCUT2D eigenvalue weighted by Gasteiger charge is 2.20. The number of rotatable bonds is 3. The summed E-state index contributed by atoms with van der Waals surface area (Å²) in [5.41, 5.74) is 2.95. The molecule has 0 fully saturated rings. The molecule has 30 heavy (non-hydrogen) atoms. The van der Waals surface area contributed by atoms with Gasteiger partial charge < -0.3 is 21.7 Å². The van der Waals surface area contributed by atoms with Crippen LogP contribution in [-0.2, 0) is 6.54 Å². The number of nitrogens with zero attached hydrogens (tertiary/aromatic N) is 1. The second kappa shape index (κ2) is 9.58. The Labute approximate surface area is 174 Å². The Balaban J connectivity index is 0.000000461. The molecule has 0 unspecified atom stereocenters. The lowest BCUT2D eigenvalue weighted by atomic mass is 10.1. The molecule has 2 aromatic carbocycles. The zero-order valence-electron chi connectivity index (χ0n) is 15.5. The highest BCUT2D eigenvalue weighted by molar-refractivity contribution is 6.50. The Morgan fingerprint density at radius 1 is 0.933 bits per heavy atom. The van der Waals surface area contributed by atoms with Crippen molar-refractivity contribution in [2.24, 2.45) is 0 Å². The van der Waals surface area contributed by atoms with Crippen molar-refractivity contribution in [2.75, 3.05) is 0 Å². The first kappa shape index (κ1) is 21.6. The van der Waals surface area contributed by atoms with Crippen LogP contribution in [0.25, 0.3) is 22.3 Å². The van der Waals surface area contributed by atoms with E-state index in [1.165, 1.54) is 0 Å². The zero-order chi connectivity index (χ0) is 21.6. The van der Waals surface area contributed by atoms with Crippen molar-refractivity contribution in [3.05, 3.63) is 95.1 Å². The molecule has 4 aromatic rings. The van der Waals surface area contributed by atoms with Gasteiger partial charge in [-0.1, -0.05) is 23.7 Å². The normalized spacial score (nSPS) is 11.8. The molecule has 0 aliphatic carbocycles. The number of halogens is 5. The average Bonchev–Trinajstić information content (AvgIpc) is 2.72. The summed E-state index contributed by atoms with van der Waals surface area (Å²) < 4.78 is 45.1. The number of para-hydroxylation sites is 1. The van der Waals surface area contributed by atoms with E-state index in [2.05, 4.69) is 22.1 Å². The van der Waals surface area contributed by atoms with Crippen molar-refractivity contribution in [3.8, 4) is 11.3 Å². The third-order valence-electron chi connectivity index (χ3n) is 4.01. The molecule has 0 bridgehead atoms. The monoisotopic (exact) mass is 434 g/mol. The Hall–Kier alpha value is -3.13. The van der Waals surface area contributed by atoms with Crippen molar-refractivity contribution in [1.29, 1.82) is 0 Å². The number of aromatic nitrogens is 1. The SMILES string of the molecule is Clc1ccc(-c2cc(=[NH+]Cc3cccnc3)c3ccccc3o2)cc1.F[B-](F)(F)F. The standard InChI is InChI=1S/C21H15ClN2O.BF4/c22-17-9-7-16(8-10-17)21-12-19(18-5-1-2-6-20(18)25-21)24-14-15-4-3-11-23-13-15;2-1(3,4)5/h1-13H,14H2;/q;-1/p+1. The largest absolute Gasteiger partial charge is 0.673 e. The van der Waals surface area contributed by atoms with Crippen molar-refractivity contribution in [3.63, 3.8) is 0 Å². The Morgan fingerprint density at radius 3 is 2.30 bits per heavy atom. The molecule has 4 rings (SSSR count). The number of nitrogens with one attached hydrogen (secondary N) is 1. The summed E-state index contributed by atoms with van der Waals surface area (Å²) in [6.45, 7) is 0.696. The predicted octanol–water partition coefficient (Wildman–Crippen LogP) is 4.63. The highest BCUT2D eigenvalue weighted by atomic mass is 35.5. The van der Waals surface area contributed by atoms with Crippen molar-refractivity contribution in [1.82, 2.24) is 4.98 Å². The van der Waals surface area contributed by atoms with Crippen molar-refractivity contribution < 1.29 is 26.7 Å². The van der Waals surface area contributed by atoms with Crippen LogP contribution >= 0.6 is 11.6 Å². The van der Waals surface area contributed by atoms with Gasteiger partial charge in [-0.15, -0.1) is 0 Å². The number of hydrogen-bond acceptors (Lipinski definition) is 2. The Kier molecular flexibility index (Phi) is 6.89. The van der Waals surface area contributed by atoms with E-state index in [0.717, 1.165) is 33.2 Å². The van der Waals surface area contributed by atoms with Gasteiger partial charge in [0.2, 0.25) is 5.36 Å². The molecule has 0 atom stereocenters. The van der Waals surface area contributed by atoms with Gasteiger partial charge in [-0.2, -0.15) is 0 Å². The Morgan fingerprint density at radius 2 is 1.63 bits per heavy atom. The lowest BCUT2D eigenvalue weighted by Gasteiger charge is -2.03. The summed E-state index contributed by atoms with van der Waals surface area (Å²) in [6.07, 6.45) is 3.64.